The molecule has 4 aromatic rings. The van der Waals surface area contributed by atoms with Gasteiger partial charge >= 0.3 is 193 Å². The molecule has 0 amide bonds. The zero-order valence-corrected chi connectivity index (χ0v) is 25.0. The van der Waals surface area contributed by atoms with Crippen LogP contribution in [0.3, 0.4) is 0 Å². The number of hydrogen-bond donors (Lipinski definition) is 0. The Morgan fingerprint density at radius 2 is 1.51 bits per heavy atom. The predicted octanol–water partition coefficient (Wildman–Crippen LogP) is 8.88. The Balaban J connectivity index is 1.81. The number of nitrogens with zero attached hydrogens (tertiary/aromatic N) is 1. The van der Waals surface area contributed by atoms with Crippen LogP contribution in [0.4, 0.5) is 0 Å². The Morgan fingerprint density at radius 1 is 0.800 bits per heavy atom. The summed E-state index contributed by atoms with van der Waals surface area (Å²) in [5.41, 5.74) is 5.27. The minimum atomic E-state index is -2.05. The molecule has 1 aliphatic heterocycles. The van der Waals surface area contributed by atoms with E-state index in [0.29, 0.717) is 0 Å². The number of rotatable bonds is 3. The molecule has 5 rings (SSSR count). The predicted molar refractivity (Wildman–Crippen MR) is 154 cm³/mol. The van der Waals surface area contributed by atoms with E-state index in [1.807, 2.05) is 6.20 Å². The second-order valence-corrected chi connectivity index (χ2v) is 24.5. The third-order valence-electron chi connectivity index (χ3n) is 6.86. The SMILES string of the molecule is CC(C)(C)Cc1ccc2c(CC(C)(C)C)c3c(cc2c1)-c1nccc2c[c]([Ge]([CH3])([CH3])[CH3])cc(c12)O3. The molecule has 182 valence electrons. The van der Waals surface area contributed by atoms with Gasteiger partial charge in [0.1, 0.15) is 0 Å². The summed E-state index contributed by atoms with van der Waals surface area (Å²) in [7, 11) is 0. The quantitative estimate of drug-likeness (QED) is 0.219. The molecule has 3 aromatic carbocycles. The number of hydrogen-bond acceptors (Lipinski definition) is 2. The van der Waals surface area contributed by atoms with E-state index in [1.165, 1.54) is 31.7 Å². The van der Waals surface area contributed by atoms with E-state index < -0.39 is 13.3 Å². The van der Waals surface area contributed by atoms with Crippen molar-refractivity contribution in [2.75, 3.05) is 0 Å². The molecule has 0 atom stereocenters. The van der Waals surface area contributed by atoms with Gasteiger partial charge < -0.3 is 0 Å². The Hall–Kier alpha value is -2.33. The third-order valence-corrected chi connectivity index (χ3v) is 11.1. The van der Waals surface area contributed by atoms with Gasteiger partial charge in [-0.25, -0.2) is 0 Å². The van der Waals surface area contributed by atoms with E-state index >= 15 is 0 Å². The monoisotopic (exact) mass is 527 g/mol. The van der Waals surface area contributed by atoms with Gasteiger partial charge in [-0.3, -0.25) is 0 Å². The Labute approximate surface area is 213 Å². The van der Waals surface area contributed by atoms with E-state index in [-0.39, 0.29) is 10.8 Å². The van der Waals surface area contributed by atoms with E-state index in [2.05, 4.69) is 101 Å². The molecule has 35 heavy (non-hydrogen) atoms. The Kier molecular flexibility index (Phi) is 5.64. The van der Waals surface area contributed by atoms with Gasteiger partial charge in [0.05, 0.1) is 0 Å². The topological polar surface area (TPSA) is 22.1 Å². The Morgan fingerprint density at radius 3 is 2.17 bits per heavy atom. The van der Waals surface area contributed by atoms with Crippen LogP contribution in [0, 0.1) is 10.8 Å². The third kappa shape index (κ3) is 4.74. The van der Waals surface area contributed by atoms with Crippen LogP contribution in [0.1, 0.15) is 52.7 Å². The molecule has 0 spiro atoms. The number of benzene rings is 3. The maximum absolute atomic E-state index is 6.87. The molecular formula is C32H39GeNO. The summed E-state index contributed by atoms with van der Waals surface area (Å²) in [6.07, 6.45) is 3.98. The van der Waals surface area contributed by atoms with Crippen LogP contribution in [0.25, 0.3) is 32.8 Å². The standard InChI is InChI=1S/C32H39GeNO/c1-31(2,3)18-20-10-11-24-22(14-20)16-25-29-28-21(12-13-34-29)15-23(33(7,8)9)17-27(28)35-30(25)26(24)19-32(4,5)6/h10-17H,18-19H2,1-9H3. The first-order valence-corrected chi connectivity index (χ1v) is 20.2. The average molecular weight is 526 g/mol. The fourth-order valence-corrected chi connectivity index (χ4v) is 7.76. The summed E-state index contributed by atoms with van der Waals surface area (Å²) < 4.78 is 8.34. The fraction of sp³-hybridized carbons (Fsp3) is 0.406. The van der Waals surface area contributed by atoms with E-state index in [1.54, 1.807) is 0 Å². The van der Waals surface area contributed by atoms with Crippen molar-refractivity contribution in [3.63, 3.8) is 0 Å². The summed E-state index contributed by atoms with van der Waals surface area (Å²) in [5.74, 6) is 9.32. The molecule has 0 bridgehead atoms. The number of aromatic nitrogens is 1. The summed E-state index contributed by atoms with van der Waals surface area (Å²) in [6, 6.07) is 16.2. The van der Waals surface area contributed by atoms with Crippen LogP contribution >= 0.6 is 0 Å². The van der Waals surface area contributed by atoms with Crippen molar-refractivity contribution in [1.82, 2.24) is 4.98 Å². The molecule has 2 heterocycles. The molecule has 1 aromatic heterocycles. The van der Waals surface area contributed by atoms with Gasteiger partial charge in [-0.15, -0.1) is 0 Å². The van der Waals surface area contributed by atoms with Crippen LogP contribution in [0.2, 0.25) is 17.3 Å². The van der Waals surface area contributed by atoms with E-state index in [4.69, 9.17) is 9.72 Å². The van der Waals surface area contributed by atoms with Crippen molar-refractivity contribution in [2.45, 2.75) is 71.7 Å². The first-order valence-electron chi connectivity index (χ1n) is 12.9. The van der Waals surface area contributed by atoms with Crippen molar-refractivity contribution >= 4 is 39.2 Å². The molecule has 3 heteroatoms. The molecule has 0 saturated heterocycles. The molecule has 0 unspecified atom stereocenters. The van der Waals surface area contributed by atoms with Crippen molar-refractivity contribution in [1.29, 1.82) is 0 Å². The van der Waals surface area contributed by atoms with Crippen LogP contribution in [-0.2, 0) is 12.8 Å². The van der Waals surface area contributed by atoms with Crippen molar-refractivity contribution in [3.8, 4) is 22.8 Å². The van der Waals surface area contributed by atoms with Gasteiger partial charge in [-0.05, 0) is 0 Å². The van der Waals surface area contributed by atoms with Gasteiger partial charge in [0, 0.05) is 0 Å². The second kappa shape index (κ2) is 8.09. The summed E-state index contributed by atoms with van der Waals surface area (Å²) in [6.45, 7) is 13.9. The second-order valence-electron chi connectivity index (χ2n) is 13.8. The molecular weight excluding hydrogens is 487 g/mol. The van der Waals surface area contributed by atoms with E-state index in [0.717, 1.165) is 41.0 Å². The maximum atomic E-state index is 6.87. The molecule has 0 aliphatic carbocycles. The van der Waals surface area contributed by atoms with Crippen LogP contribution in [0.15, 0.2) is 48.7 Å². The molecule has 0 N–H and O–H groups in total. The molecule has 2 nitrogen and oxygen atoms in total. The fourth-order valence-electron chi connectivity index (χ4n) is 5.34. The summed E-state index contributed by atoms with van der Waals surface area (Å²) in [4.78, 5) is 4.93. The zero-order chi connectivity index (χ0) is 25.3. The van der Waals surface area contributed by atoms with Crippen LogP contribution in [0.5, 0.6) is 11.5 Å². The Bertz CT molecular complexity index is 1460. The molecule has 0 fully saturated rings. The number of fused-ring (bicyclic) bond motifs is 3. The number of pyridine rings is 1. The molecule has 0 saturated carbocycles. The van der Waals surface area contributed by atoms with Gasteiger partial charge in [0.2, 0.25) is 0 Å². The van der Waals surface area contributed by atoms with Crippen LogP contribution in [-0.4, -0.2) is 18.3 Å². The number of ether oxygens (including phenoxy) is 1. The first kappa shape index (κ1) is 24.4. The normalized spacial score (nSPS) is 13.7. The van der Waals surface area contributed by atoms with Gasteiger partial charge in [-0.1, -0.05) is 20.8 Å². The van der Waals surface area contributed by atoms with Gasteiger partial charge in [-0.2, -0.15) is 0 Å². The van der Waals surface area contributed by atoms with Gasteiger partial charge in [0.15, 0.2) is 0 Å². The zero-order valence-electron chi connectivity index (χ0n) is 22.9. The first-order chi connectivity index (χ1) is 16.2. The minimum absolute atomic E-state index is 0.137. The van der Waals surface area contributed by atoms with Gasteiger partial charge in [0.25, 0.3) is 0 Å². The molecule has 1 aliphatic rings. The summed E-state index contributed by atoms with van der Waals surface area (Å²) >= 11 is -2.05. The van der Waals surface area contributed by atoms with Crippen molar-refractivity contribution in [2.24, 2.45) is 10.8 Å². The molecule has 0 radical (unpaired) electrons. The average Bonchev–Trinajstić information content (AvgIpc) is 2.71. The summed E-state index contributed by atoms with van der Waals surface area (Å²) in [5, 5.41) is 4.99. The van der Waals surface area contributed by atoms with Crippen molar-refractivity contribution in [3.05, 3.63) is 59.8 Å². The van der Waals surface area contributed by atoms with E-state index in [9.17, 15) is 0 Å². The van der Waals surface area contributed by atoms with Crippen LogP contribution < -0.4 is 9.13 Å². The van der Waals surface area contributed by atoms with Crippen molar-refractivity contribution < 1.29 is 4.74 Å².